The summed E-state index contributed by atoms with van der Waals surface area (Å²) in [4.78, 5) is 22.5. The summed E-state index contributed by atoms with van der Waals surface area (Å²) in [5.74, 6) is -0.547. The number of carbonyl (C=O) groups is 1. The summed E-state index contributed by atoms with van der Waals surface area (Å²) in [6, 6.07) is 4.13. The Kier molecular flexibility index (Phi) is 3.76. The maximum atomic E-state index is 11.6. The van der Waals surface area contributed by atoms with E-state index in [0.29, 0.717) is 11.5 Å². The zero-order valence-corrected chi connectivity index (χ0v) is 10.2. The molecule has 0 aromatic carbocycles. The molecule has 0 aliphatic rings. The minimum atomic E-state index is -1.09. The fourth-order valence-corrected chi connectivity index (χ4v) is 1.60. The lowest BCUT2D eigenvalue weighted by Gasteiger charge is -2.03. The molecule has 100 valence electrons. The fraction of sp³-hybridized carbons (Fsp3) is 0.250. The second-order valence-corrected chi connectivity index (χ2v) is 3.91. The van der Waals surface area contributed by atoms with Gasteiger partial charge >= 0.3 is 5.97 Å². The molecule has 7 nitrogen and oxygen atoms in total. The summed E-state index contributed by atoms with van der Waals surface area (Å²) < 4.78 is 11.1. The Morgan fingerprint density at radius 1 is 1.53 bits per heavy atom. The average Bonchev–Trinajstić information content (AvgIpc) is 2.80. The van der Waals surface area contributed by atoms with Gasteiger partial charge in [-0.3, -0.25) is 4.79 Å². The first-order valence-electron chi connectivity index (χ1n) is 5.47. The first-order chi connectivity index (χ1) is 9.10. The summed E-state index contributed by atoms with van der Waals surface area (Å²) in [5.41, 5.74) is 0.262. The molecule has 2 aromatic rings. The van der Waals surface area contributed by atoms with Crippen molar-refractivity contribution in [1.82, 2.24) is 9.72 Å². The normalized spacial score (nSPS) is 10.6. The van der Waals surface area contributed by atoms with Crippen LogP contribution in [0, 0.1) is 0 Å². The number of rotatable bonds is 5. The number of aromatic nitrogens is 2. The van der Waals surface area contributed by atoms with Gasteiger partial charge in [-0.15, -0.1) is 0 Å². The predicted octanol–water partition coefficient (Wildman–Crippen LogP) is 0.729. The number of ether oxygens (including phenoxy) is 1. The quantitative estimate of drug-likeness (QED) is 0.855. The third-order valence-electron chi connectivity index (χ3n) is 2.46. The minimum absolute atomic E-state index is 0.0419. The molecular formula is C12H12N2O5. The Bertz CT molecular complexity index is 644. The number of methoxy groups -OCH3 is 1. The van der Waals surface area contributed by atoms with Crippen LogP contribution in [-0.2, 0) is 17.9 Å². The average molecular weight is 264 g/mol. The maximum absolute atomic E-state index is 11.6. The highest BCUT2D eigenvalue weighted by Crippen LogP contribution is 2.06. The summed E-state index contributed by atoms with van der Waals surface area (Å²) in [6.07, 6.45) is 1.27. The topological polar surface area (TPSA) is 94.6 Å². The Balaban J connectivity index is 2.24. The van der Waals surface area contributed by atoms with Gasteiger partial charge in [-0.25, -0.2) is 4.79 Å². The van der Waals surface area contributed by atoms with E-state index in [9.17, 15) is 9.59 Å². The SMILES string of the molecule is COCc1cc(Cn2cc(C(=O)O)ccc2=O)no1. The minimum Gasteiger partial charge on any atom is -0.478 e. The second-order valence-electron chi connectivity index (χ2n) is 3.91. The van der Waals surface area contributed by atoms with Crippen molar-refractivity contribution in [3.63, 3.8) is 0 Å². The summed E-state index contributed by atoms with van der Waals surface area (Å²) in [6.45, 7) is 0.435. The summed E-state index contributed by atoms with van der Waals surface area (Å²) in [7, 11) is 1.53. The van der Waals surface area contributed by atoms with E-state index in [1.165, 1.54) is 30.0 Å². The Morgan fingerprint density at radius 3 is 3.00 bits per heavy atom. The predicted molar refractivity (Wildman–Crippen MR) is 64.0 cm³/mol. The molecule has 2 rings (SSSR count). The van der Waals surface area contributed by atoms with Gasteiger partial charge < -0.3 is 18.9 Å². The number of nitrogens with zero attached hydrogens (tertiary/aromatic N) is 2. The first kappa shape index (κ1) is 13.0. The van der Waals surface area contributed by atoms with Crippen LogP contribution >= 0.6 is 0 Å². The van der Waals surface area contributed by atoms with E-state index >= 15 is 0 Å². The zero-order valence-electron chi connectivity index (χ0n) is 10.2. The molecule has 0 fully saturated rings. The number of pyridine rings is 1. The van der Waals surface area contributed by atoms with Crippen molar-refractivity contribution in [1.29, 1.82) is 0 Å². The highest BCUT2D eigenvalue weighted by molar-refractivity contribution is 5.87. The molecule has 0 aliphatic heterocycles. The standard InChI is InChI=1S/C12H12N2O5/c1-18-7-10-4-9(13-19-10)6-14-5-8(12(16)17)2-3-11(14)15/h2-5H,6-7H2,1H3,(H,16,17). The van der Waals surface area contributed by atoms with Crippen LogP contribution in [0.25, 0.3) is 0 Å². The number of aromatic carboxylic acids is 1. The number of carboxylic acids is 1. The van der Waals surface area contributed by atoms with Crippen molar-refractivity contribution in [2.24, 2.45) is 0 Å². The second kappa shape index (κ2) is 5.49. The molecular weight excluding hydrogens is 252 g/mol. The summed E-state index contributed by atoms with van der Waals surface area (Å²) >= 11 is 0. The molecule has 2 heterocycles. The Morgan fingerprint density at radius 2 is 2.32 bits per heavy atom. The summed E-state index contributed by atoms with van der Waals surface area (Å²) in [5, 5.41) is 12.7. The van der Waals surface area contributed by atoms with Crippen LogP contribution < -0.4 is 5.56 Å². The lowest BCUT2D eigenvalue weighted by Crippen LogP contribution is -2.20. The smallest absolute Gasteiger partial charge is 0.337 e. The van der Waals surface area contributed by atoms with Crippen LogP contribution in [0.4, 0.5) is 0 Å². The monoisotopic (exact) mass is 264 g/mol. The molecule has 19 heavy (non-hydrogen) atoms. The third kappa shape index (κ3) is 3.08. The van der Waals surface area contributed by atoms with Gasteiger partial charge in [-0.05, 0) is 6.07 Å². The van der Waals surface area contributed by atoms with E-state index in [4.69, 9.17) is 14.4 Å². The number of hydrogen-bond donors (Lipinski definition) is 1. The first-order valence-corrected chi connectivity index (χ1v) is 5.47. The van der Waals surface area contributed by atoms with Gasteiger partial charge in [0.2, 0.25) is 0 Å². The van der Waals surface area contributed by atoms with Crippen molar-refractivity contribution >= 4 is 5.97 Å². The van der Waals surface area contributed by atoms with Crippen molar-refractivity contribution < 1.29 is 19.2 Å². The Hall–Kier alpha value is -2.41. The molecule has 0 bridgehead atoms. The van der Waals surface area contributed by atoms with Crippen molar-refractivity contribution in [3.8, 4) is 0 Å². The van der Waals surface area contributed by atoms with Crippen molar-refractivity contribution in [2.45, 2.75) is 13.2 Å². The van der Waals surface area contributed by atoms with Crippen molar-refractivity contribution in [3.05, 3.63) is 51.8 Å². The molecule has 2 aromatic heterocycles. The van der Waals surface area contributed by atoms with Gasteiger partial charge in [-0.2, -0.15) is 0 Å². The van der Waals surface area contributed by atoms with Crippen LogP contribution in [-0.4, -0.2) is 27.9 Å². The molecule has 0 radical (unpaired) electrons. The van der Waals surface area contributed by atoms with Gasteiger partial charge in [0.15, 0.2) is 5.76 Å². The highest BCUT2D eigenvalue weighted by Gasteiger charge is 2.08. The number of carboxylic acid groups (broad SMARTS) is 1. The van der Waals surface area contributed by atoms with Gasteiger partial charge in [-0.1, -0.05) is 5.16 Å². The molecule has 0 saturated heterocycles. The molecule has 0 amide bonds. The fourth-order valence-electron chi connectivity index (χ4n) is 1.60. The van der Waals surface area contributed by atoms with E-state index in [2.05, 4.69) is 5.16 Å². The van der Waals surface area contributed by atoms with Gasteiger partial charge in [0.25, 0.3) is 5.56 Å². The van der Waals surface area contributed by atoms with E-state index in [1.54, 1.807) is 6.07 Å². The van der Waals surface area contributed by atoms with E-state index in [1.807, 2.05) is 0 Å². The van der Waals surface area contributed by atoms with Gasteiger partial charge in [0.1, 0.15) is 12.3 Å². The largest absolute Gasteiger partial charge is 0.478 e. The zero-order chi connectivity index (χ0) is 13.8. The highest BCUT2D eigenvalue weighted by atomic mass is 16.5. The van der Waals surface area contributed by atoms with Crippen molar-refractivity contribution in [2.75, 3.05) is 7.11 Å². The van der Waals surface area contributed by atoms with E-state index in [0.717, 1.165) is 0 Å². The molecule has 0 unspecified atom stereocenters. The molecule has 0 saturated carbocycles. The number of hydrogen-bond acceptors (Lipinski definition) is 5. The van der Waals surface area contributed by atoms with Crippen LogP contribution in [0.15, 0.2) is 33.7 Å². The third-order valence-corrected chi connectivity index (χ3v) is 2.46. The van der Waals surface area contributed by atoms with Crippen LogP contribution in [0.1, 0.15) is 21.8 Å². The molecule has 0 spiro atoms. The van der Waals surface area contributed by atoms with Gasteiger partial charge in [0, 0.05) is 25.4 Å². The van der Waals surface area contributed by atoms with Crippen LogP contribution in [0.2, 0.25) is 0 Å². The molecule has 0 aliphatic carbocycles. The lowest BCUT2D eigenvalue weighted by molar-refractivity contribution is 0.0696. The van der Waals surface area contributed by atoms with E-state index < -0.39 is 5.97 Å². The molecule has 0 atom stereocenters. The molecule has 1 N–H and O–H groups in total. The maximum Gasteiger partial charge on any atom is 0.337 e. The molecule has 7 heteroatoms. The van der Waals surface area contributed by atoms with E-state index in [-0.39, 0.29) is 24.3 Å². The van der Waals surface area contributed by atoms with Crippen LogP contribution in [0.3, 0.4) is 0 Å². The lowest BCUT2D eigenvalue weighted by atomic mass is 10.3. The van der Waals surface area contributed by atoms with Crippen LogP contribution in [0.5, 0.6) is 0 Å². The van der Waals surface area contributed by atoms with Gasteiger partial charge in [0.05, 0.1) is 12.1 Å². The Labute approximate surface area is 108 Å².